The van der Waals surface area contributed by atoms with Crippen LogP contribution in [0.5, 0.6) is 0 Å². The molecule has 5 heteroatoms. The molecule has 1 heterocycles. The van der Waals surface area contributed by atoms with E-state index in [1.165, 1.54) is 0 Å². The van der Waals surface area contributed by atoms with Crippen LogP contribution >= 0.6 is 0 Å². The van der Waals surface area contributed by atoms with Gasteiger partial charge < -0.3 is 10.8 Å². The third-order valence-electron chi connectivity index (χ3n) is 3.15. The molecule has 1 aliphatic rings. The smallest absolute Gasteiger partial charge is 0.320 e. The van der Waals surface area contributed by atoms with E-state index in [4.69, 9.17) is 10.8 Å². The summed E-state index contributed by atoms with van der Waals surface area (Å²) in [5.74, 6) is -0.850. The minimum Gasteiger partial charge on any atom is -0.480 e. The first-order valence-electron chi connectivity index (χ1n) is 5.79. The van der Waals surface area contributed by atoms with E-state index in [1.807, 2.05) is 11.8 Å². The molecule has 1 saturated heterocycles. The summed E-state index contributed by atoms with van der Waals surface area (Å²) >= 11 is 0. The molecule has 92 valence electrons. The Hall–Kier alpha value is -1.10. The molecular weight excluding hydrogens is 208 g/mol. The Morgan fingerprint density at radius 1 is 1.56 bits per heavy atom. The molecule has 1 amide bonds. The highest BCUT2D eigenvalue weighted by atomic mass is 16.4. The average Bonchev–Trinajstić information content (AvgIpc) is 2.17. The lowest BCUT2D eigenvalue weighted by Crippen LogP contribution is -2.46. The molecule has 1 fully saturated rings. The van der Waals surface area contributed by atoms with Gasteiger partial charge in [0.15, 0.2) is 0 Å². The maximum absolute atomic E-state index is 11.0. The van der Waals surface area contributed by atoms with Gasteiger partial charge in [-0.1, -0.05) is 6.92 Å². The van der Waals surface area contributed by atoms with Gasteiger partial charge in [0.05, 0.1) is 0 Å². The van der Waals surface area contributed by atoms with Crippen LogP contribution in [-0.2, 0) is 9.59 Å². The molecule has 0 aromatic carbocycles. The van der Waals surface area contributed by atoms with Crippen LogP contribution < -0.4 is 5.73 Å². The maximum atomic E-state index is 11.0. The molecule has 0 aromatic rings. The number of piperidine rings is 1. The quantitative estimate of drug-likeness (QED) is 0.715. The molecule has 2 unspecified atom stereocenters. The first-order chi connectivity index (χ1) is 7.54. The van der Waals surface area contributed by atoms with Gasteiger partial charge in [-0.05, 0) is 31.7 Å². The van der Waals surface area contributed by atoms with E-state index in [1.54, 1.807) is 0 Å². The molecule has 1 aliphatic heterocycles. The van der Waals surface area contributed by atoms with E-state index in [0.29, 0.717) is 19.4 Å². The number of carbonyl (C=O) groups is 2. The zero-order chi connectivity index (χ0) is 12.1. The monoisotopic (exact) mass is 228 g/mol. The summed E-state index contributed by atoms with van der Waals surface area (Å²) in [5, 5.41) is 9.06. The normalized spacial score (nSPS) is 23.9. The van der Waals surface area contributed by atoms with E-state index >= 15 is 0 Å². The molecular formula is C11H20N2O3. The van der Waals surface area contributed by atoms with Gasteiger partial charge in [0.2, 0.25) is 5.91 Å². The van der Waals surface area contributed by atoms with Gasteiger partial charge in [-0.2, -0.15) is 0 Å². The van der Waals surface area contributed by atoms with E-state index < -0.39 is 12.0 Å². The highest BCUT2D eigenvalue weighted by Gasteiger charge is 2.29. The van der Waals surface area contributed by atoms with Crippen molar-refractivity contribution in [3.63, 3.8) is 0 Å². The number of amides is 1. The Morgan fingerprint density at radius 3 is 2.75 bits per heavy atom. The van der Waals surface area contributed by atoms with Crippen molar-refractivity contribution >= 4 is 11.9 Å². The summed E-state index contributed by atoms with van der Waals surface area (Å²) in [6.45, 7) is 3.35. The summed E-state index contributed by atoms with van der Waals surface area (Å²) in [6.07, 6.45) is 2.88. The number of aliphatic carboxylic acids is 1. The number of hydrogen-bond donors (Lipinski definition) is 2. The molecule has 0 radical (unpaired) electrons. The first kappa shape index (κ1) is 13.0. The SMILES string of the molecule is CCC(C(=O)O)N1CCCC(CC(N)=O)C1. The Morgan fingerprint density at radius 2 is 2.25 bits per heavy atom. The van der Waals surface area contributed by atoms with E-state index in [9.17, 15) is 9.59 Å². The third-order valence-corrected chi connectivity index (χ3v) is 3.15. The predicted octanol–water partition coefficient (Wildman–Crippen LogP) is 0.437. The number of hydrogen-bond acceptors (Lipinski definition) is 3. The fraction of sp³-hybridized carbons (Fsp3) is 0.818. The summed E-state index contributed by atoms with van der Waals surface area (Å²) in [4.78, 5) is 23.8. The van der Waals surface area contributed by atoms with Crippen LogP contribution in [0.3, 0.4) is 0 Å². The fourth-order valence-corrected chi connectivity index (χ4v) is 2.42. The Kier molecular flexibility index (Phi) is 4.73. The third kappa shape index (κ3) is 3.48. The van der Waals surface area contributed by atoms with Gasteiger partial charge in [0, 0.05) is 13.0 Å². The molecule has 0 aromatic heterocycles. The van der Waals surface area contributed by atoms with Crippen LogP contribution in [0.2, 0.25) is 0 Å². The lowest BCUT2D eigenvalue weighted by atomic mass is 9.93. The molecule has 1 rings (SSSR count). The second-order valence-corrected chi connectivity index (χ2v) is 4.44. The maximum Gasteiger partial charge on any atom is 0.320 e. The standard InChI is InChI=1S/C11H20N2O3/c1-2-9(11(15)16)13-5-3-4-8(7-13)6-10(12)14/h8-9H,2-7H2,1H3,(H2,12,14)(H,15,16). The second-order valence-electron chi connectivity index (χ2n) is 4.44. The van der Waals surface area contributed by atoms with Crippen LogP contribution in [-0.4, -0.2) is 41.0 Å². The summed E-state index contributed by atoms with van der Waals surface area (Å²) in [5.41, 5.74) is 5.16. The Balaban J connectivity index is 2.55. The van der Waals surface area contributed by atoms with Crippen LogP contribution in [0.1, 0.15) is 32.6 Å². The first-order valence-corrected chi connectivity index (χ1v) is 5.79. The van der Waals surface area contributed by atoms with Crippen molar-refractivity contribution in [3.05, 3.63) is 0 Å². The minimum absolute atomic E-state index is 0.222. The number of carbonyl (C=O) groups excluding carboxylic acids is 1. The van der Waals surface area contributed by atoms with Crippen molar-refractivity contribution in [1.82, 2.24) is 4.90 Å². The van der Waals surface area contributed by atoms with E-state index in [0.717, 1.165) is 19.4 Å². The van der Waals surface area contributed by atoms with Gasteiger partial charge in [-0.3, -0.25) is 14.5 Å². The van der Waals surface area contributed by atoms with Gasteiger partial charge in [0.1, 0.15) is 6.04 Å². The Bertz CT molecular complexity index is 268. The topological polar surface area (TPSA) is 83.6 Å². The lowest BCUT2D eigenvalue weighted by molar-refractivity contribution is -0.144. The molecule has 2 atom stereocenters. The molecule has 5 nitrogen and oxygen atoms in total. The van der Waals surface area contributed by atoms with Gasteiger partial charge >= 0.3 is 5.97 Å². The van der Waals surface area contributed by atoms with Gasteiger partial charge in [-0.25, -0.2) is 0 Å². The van der Waals surface area contributed by atoms with Crippen molar-refractivity contribution in [1.29, 1.82) is 0 Å². The second kappa shape index (κ2) is 5.84. The van der Waals surface area contributed by atoms with Crippen molar-refractivity contribution < 1.29 is 14.7 Å². The molecule has 0 bridgehead atoms. The summed E-state index contributed by atoms with van der Waals surface area (Å²) < 4.78 is 0. The highest BCUT2D eigenvalue weighted by molar-refractivity contribution is 5.74. The molecule has 0 saturated carbocycles. The zero-order valence-corrected chi connectivity index (χ0v) is 9.69. The minimum atomic E-state index is -0.776. The zero-order valence-electron chi connectivity index (χ0n) is 9.69. The van der Waals surface area contributed by atoms with E-state index in [-0.39, 0.29) is 11.8 Å². The number of carboxylic acids is 1. The Labute approximate surface area is 95.6 Å². The van der Waals surface area contributed by atoms with Crippen LogP contribution in [0.15, 0.2) is 0 Å². The molecule has 0 aliphatic carbocycles. The van der Waals surface area contributed by atoms with Crippen LogP contribution in [0.25, 0.3) is 0 Å². The number of primary amides is 1. The summed E-state index contributed by atoms with van der Waals surface area (Å²) in [6, 6.07) is -0.421. The lowest BCUT2D eigenvalue weighted by Gasteiger charge is -2.35. The highest BCUT2D eigenvalue weighted by Crippen LogP contribution is 2.22. The molecule has 0 spiro atoms. The number of nitrogens with two attached hydrogens (primary N) is 1. The van der Waals surface area contributed by atoms with E-state index in [2.05, 4.69) is 0 Å². The average molecular weight is 228 g/mol. The fourth-order valence-electron chi connectivity index (χ4n) is 2.42. The van der Waals surface area contributed by atoms with Crippen molar-refractivity contribution in [2.45, 2.75) is 38.6 Å². The van der Waals surface area contributed by atoms with Crippen molar-refractivity contribution in [2.75, 3.05) is 13.1 Å². The van der Waals surface area contributed by atoms with Crippen LogP contribution in [0, 0.1) is 5.92 Å². The number of likely N-dealkylation sites (tertiary alicyclic amines) is 1. The van der Waals surface area contributed by atoms with Gasteiger partial charge in [0.25, 0.3) is 0 Å². The van der Waals surface area contributed by atoms with Crippen molar-refractivity contribution in [2.24, 2.45) is 11.7 Å². The van der Waals surface area contributed by atoms with Crippen LogP contribution in [0.4, 0.5) is 0 Å². The summed E-state index contributed by atoms with van der Waals surface area (Å²) in [7, 11) is 0. The van der Waals surface area contributed by atoms with Crippen molar-refractivity contribution in [3.8, 4) is 0 Å². The van der Waals surface area contributed by atoms with Gasteiger partial charge in [-0.15, -0.1) is 0 Å². The number of carboxylic acid groups (broad SMARTS) is 1. The predicted molar refractivity (Wildman–Crippen MR) is 59.8 cm³/mol. The largest absolute Gasteiger partial charge is 0.480 e. The number of rotatable bonds is 5. The number of nitrogens with zero attached hydrogens (tertiary/aromatic N) is 1. The molecule has 16 heavy (non-hydrogen) atoms. The molecule has 3 N–H and O–H groups in total.